The average molecular weight is 274 g/mol. The first-order valence-electron chi connectivity index (χ1n) is 6.78. The van der Waals surface area contributed by atoms with Gasteiger partial charge in [-0.2, -0.15) is 0 Å². The molecule has 1 unspecified atom stereocenters. The highest BCUT2D eigenvalue weighted by atomic mass is 16.5. The minimum absolute atomic E-state index is 0.0795. The molecule has 0 amide bonds. The van der Waals surface area contributed by atoms with Crippen molar-refractivity contribution in [3.05, 3.63) is 36.2 Å². The molecule has 0 aliphatic rings. The fourth-order valence-electron chi connectivity index (χ4n) is 2.14. The van der Waals surface area contributed by atoms with E-state index in [9.17, 15) is 0 Å². The highest BCUT2D eigenvalue weighted by molar-refractivity contribution is 5.74. The van der Waals surface area contributed by atoms with Crippen molar-refractivity contribution in [3.8, 4) is 0 Å². The molecule has 2 rings (SSSR count). The third-order valence-electron chi connectivity index (χ3n) is 3.68. The van der Waals surface area contributed by atoms with E-state index in [0.717, 1.165) is 29.4 Å². The lowest BCUT2D eigenvalue weighted by Crippen LogP contribution is -2.31. The van der Waals surface area contributed by atoms with Gasteiger partial charge in [-0.15, -0.1) is 0 Å². The Bertz CT molecular complexity index is 571. The summed E-state index contributed by atoms with van der Waals surface area (Å²) in [7, 11) is 1.73. The lowest BCUT2D eigenvalue weighted by Gasteiger charge is -2.25. The summed E-state index contributed by atoms with van der Waals surface area (Å²) >= 11 is 0. The Labute approximate surface area is 119 Å². The molecule has 5 heteroatoms. The smallest absolute Gasteiger partial charge is 0.0890 e. The summed E-state index contributed by atoms with van der Waals surface area (Å²) in [4.78, 5) is 8.60. The van der Waals surface area contributed by atoms with E-state index < -0.39 is 0 Å². The van der Waals surface area contributed by atoms with Crippen molar-refractivity contribution in [1.29, 1.82) is 0 Å². The van der Waals surface area contributed by atoms with Gasteiger partial charge in [0.1, 0.15) is 0 Å². The molecule has 1 aromatic carbocycles. The zero-order chi connectivity index (χ0) is 14.6. The number of nitrogens with zero attached hydrogens (tertiary/aromatic N) is 2. The summed E-state index contributed by atoms with van der Waals surface area (Å²) in [5.41, 5.74) is 5.63. The van der Waals surface area contributed by atoms with Crippen LogP contribution in [0.15, 0.2) is 30.6 Å². The Balaban J connectivity index is 2.17. The van der Waals surface area contributed by atoms with Crippen LogP contribution in [0.3, 0.4) is 0 Å². The van der Waals surface area contributed by atoms with Crippen molar-refractivity contribution >= 4 is 11.0 Å². The van der Waals surface area contributed by atoms with Crippen molar-refractivity contribution in [2.24, 2.45) is 5.84 Å². The Morgan fingerprint density at radius 3 is 2.60 bits per heavy atom. The number of fused-ring (bicyclic) bond motifs is 1. The van der Waals surface area contributed by atoms with E-state index in [1.165, 1.54) is 0 Å². The summed E-state index contributed by atoms with van der Waals surface area (Å²) in [5.74, 6) is 5.69. The molecule has 5 nitrogen and oxygen atoms in total. The first kappa shape index (κ1) is 14.8. The van der Waals surface area contributed by atoms with Gasteiger partial charge in [-0.25, -0.2) is 0 Å². The van der Waals surface area contributed by atoms with Gasteiger partial charge in [-0.1, -0.05) is 6.07 Å². The van der Waals surface area contributed by atoms with E-state index in [1.54, 1.807) is 19.5 Å². The van der Waals surface area contributed by atoms with Gasteiger partial charge < -0.3 is 4.74 Å². The van der Waals surface area contributed by atoms with E-state index in [0.29, 0.717) is 0 Å². The van der Waals surface area contributed by atoms with E-state index in [2.05, 4.69) is 29.2 Å². The summed E-state index contributed by atoms with van der Waals surface area (Å²) in [5, 5.41) is 0. The van der Waals surface area contributed by atoms with Crippen molar-refractivity contribution in [2.75, 3.05) is 7.11 Å². The number of hydrogen-bond acceptors (Lipinski definition) is 5. The molecule has 1 heterocycles. The molecule has 0 aliphatic carbocycles. The van der Waals surface area contributed by atoms with Crippen LogP contribution in [-0.2, 0) is 4.74 Å². The maximum Gasteiger partial charge on any atom is 0.0890 e. The van der Waals surface area contributed by atoms with Gasteiger partial charge in [0.2, 0.25) is 0 Å². The largest absolute Gasteiger partial charge is 0.379 e. The molecule has 0 fully saturated rings. The SMILES string of the molecule is COC(C)(C)CCC(NN)c1ccc2nccnc2c1. The number of benzene rings is 1. The number of methoxy groups -OCH3 is 1. The zero-order valence-electron chi connectivity index (χ0n) is 12.3. The molecule has 0 aliphatic heterocycles. The maximum absolute atomic E-state index is 5.69. The fraction of sp³-hybridized carbons (Fsp3) is 0.467. The molecule has 1 atom stereocenters. The van der Waals surface area contributed by atoms with Crippen LogP contribution >= 0.6 is 0 Å². The Morgan fingerprint density at radius 1 is 1.25 bits per heavy atom. The van der Waals surface area contributed by atoms with Crippen LogP contribution in [0.5, 0.6) is 0 Å². The van der Waals surface area contributed by atoms with Crippen LogP contribution in [0.1, 0.15) is 38.3 Å². The Morgan fingerprint density at radius 2 is 1.95 bits per heavy atom. The number of aromatic nitrogens is 2. The Kier molecular flexibility index (Phi) is 4.65. The first-order valence-corrected chi connectivity index (χ1v) is 6.78. The molecule has 0 bridgehead atoms. The van der Waals surface area contributed by atoms with Crippen LogP contribution < -0.4 is 11.3 Å². The molecule has 0 saturated heterocycles. The lowest BCUT2D eigenvalue weighted by molar-refractivity contribution is 0.0117. The van der Waals surface area contributed by atoms with Gasteiger partial charge >= 0.3 is 0 Å². The van der Waals surface area contributed by atoms with Crippen molar-refractivity contribution in [2.45, 2.75) is 38.3 Å². The maximum atomic E-state index is 5.69. The van der Waals surface area contributed by atoms with Crippen molar-refractivity contribution in [1.82, 2.24) is 15.4 Å². The quantitative estimate of drug-likeness (QED) is 0.625. The molecular formula is C15H22N4O. The molecule has 2 aromatic rings. The van der Waals surface area contributed by atoms with Crippen LogP contribution in [-0.4, -0.2) is 22.7 Å². The number of hydrazine groups is 1. The molecule has 1 aromatic heterocycles. The summed E-state index contributed by atoms with van der Waals surface area (Å²) in [6.45, 7) is 4.15. The van der Waals surface area contributed by atoms with Gasteiger partial charge in [0.25, 0.3) is 0 Å². The standard InChI is InChI=1S/C15H22N4O/c1-15(2,20-3)7-6-12(19-16)11-4-5-13-14(10-11)18-9-8-17-13/h4-5,8-10,12,19H,6-7,16H2,1-3H3. The second kappa shape index (κ2) is 6.26. The molecule has 3 N–H and O–H groups in total. The second-order valence-corrected chi connectivity index (χ2v) is 5.53. The van der Waals surface area contributed by atoms with E-state index >= 15 is 0 Å². The number of nitrogens with one attached hydrogen (secondary N) is 1. The average Bonchev–Trinajstić information content (AvgIpc) is 2.47. The molecular weight excluding hydrogens is 252 g/mol. The molecule has 0 radical (unpaired) electrons. The molecule has 108 valence electrons. The fourth-order valence-corrected chi connectivity index (χ4v) is 2.14. The van der Waals surface area contributed by atoms with Gasteiger partial charge in [0, 0.05) is 25.5 Å². The number of rotatable bonds is 6. The highest BCUT2D eigenvalue weighted by Crippen LogP contribution is 2.25. The third kappa shape index (κ3) is 3.50. The van der Waals surface area contributed by atoms with Gasteiger partial charge in [-0.05, 0) is 44.4 Å². The highest BCUT2D eigenvalue weighted by Gasteiger charge is 2.20. The number of ether oxygens (including phenoxy) is 1. The second-order valence-electron chi connectivity index (χ2n) is 5.53. The van der Waals surface area contributed by atoms with Crippen LogP contribution in [0.2, 0.25) is 0 Å². The van der Waals surface area contributed by atoms with Crippen LogP contribution in [0.25, 0.3) is 11.0 Å². The van der Waals surface area contributed by atoms with Crippen molar-refractivity contribution in [3.63, 3.8) is 0 Å². The minimum atomic E-state index is -0.147. The Hall–Kier alpha value is -1.56. The normalized spacial score (nSPS) is 13.6. The topological polar surface area (TPSA) is 73.1 Å². The predicted molar refractivity (Wildman–Crippen MR) is 79.9 cm³/mol. The molecule has 0 spiro atoms. The van der Waals surface area contributed by atoms with Crippen molar-refractivity contribution < 1.29 is 4.74 Å². The van der Waals surface area contributed by atoms with Gasteiger partial charge in [-0.3, -0.25) is 21.2 Å². The monoisotopic (exact) mass is 274 g/mol. The lowest BCUT2D eigenvalue weighted by atomic mass is 9.95. The number of hydrogen-bond donors (Lipinski definition) is 2. The van der Waals surface area contributed by atoms with Crippen LogP contribution in [0, 0.1) is 0 Å². The zero-order valence-corrected chi connectivity index (χ0v) is 12.3. The van der Waals surface area contributed by atoms with E-state index in [-0.39, 0.29) is 11.6 Å². The van der Waals surface area contributed by atoms with Gasteiger partial charge in [0.05, 0.1) is 16.6 Å². The first-order chi connectivity index (χ1) is 9.55. The molecule has 20 heavy (non-hydrogen) atoms. The van der Waals surface area contributed by atoms with Gasteiger partial charge in [0.15, 0.2) is 0 Å². The predicted octanol–water partition coefficient (Wildman–Crippen LogP) is 2.34. The summed E-state index contributed by atoms with van der Waals surface area (Å²) < 4.78 is 5.45. The summed E-state index contributed by atoms with van der Waals surface area (Å²) in [6.07, 6.45) is 5.20. The summed E-state index contributed by atoms with van der Waals surface area (Å²) in [6, 6.07) is 6.13. The number of nitrogens with two attached hydrogens (primary N) is 1. The third-order valence-corrected chi connectivity index (χ3v) is 3.68. The minimum Gasteiger partial charge on any atom is -0.379 e. The molecule has 0 saturated carbocycles. The van der Waals surface area contributed by atoms with Crippen LogP contribution in [0.4, 0.5) is 0 Å². The van der Waals surface area contributed by atoms with E-state index in [4.69, 9.17) is 10.6 Å². The van der Waals surface area contributed by atoms with E-state index in [1.807, 2.05) is 18.2 Å².